The Bertz CT molecular complexity index is 1100. The highest BCUT2D eigenvalue weighted by Gasteiger charge is 2.28. The molecule has 1 aromatic heterocycles. The van der Waals surface area contributed by atoms with Crippen molar-refractivity contribution in [1.82, 2.24) is 4.90 Å². The van der Waals surface area contributed by atoms with Crippen molar-refractivity contribution in [2.75, 3.05) is 31.6 Å². The number of carbonyl (C=O) groups excluding carboxylic acids is 1. The van der Waals surface area contributed by atoms with Crippen LogP contribution < -0.4 is 14.8 Å². The molecule has 2 aliphatic heterocycles. The van der Waals surface area contributed by atoms with Crippen LogP contribution in [0.4, 0.5) is 5.69 Å². The Morgan fingerprint density at radius 2 is 1.90 bits per heavy atom. The smallest absolute Gasteiger partial charge is 0.289 e. The van der Waals surface area contributed by atoms with Gasteiger partial charge in [0.1, 0.15) is 18.8 Å². The van der Waals surface area contributed by atoms with Gasteiger partial charge in [-0.15, -0.1) is 0 Å². The lowest BCUT2D eigenvalue weighted by atomic mass is 10.0. The molecule has 0 spiro atoms. The number of aryl methyl sites for hydroxylation is 2. The average molecular weight is 406 g/mol. The molecule has 1 atom stereocenters. The average Bonchev–Trinajstić information content (AvgIpc) is 3.09. The van der Waals surface area contributed by atoms with Gasteiger partial charge in [0.25, 0.3) is 5.91 Å². The van der Waals surface area contributed by atoms with Crippen LogP contribution in [0.1, 0.15) is 34.5 Å². The van der Waals surface area contributed by atoms with Crippen molar-refractivity contribution in [3.8, 4) is 11.5 Å². The molecule has 0 saturated carbocycles. The van der Waals surface area contributed by atoms with Crippen LogP contribution in [0.5, 0.6) is 11.5 Å². The van der Waals surface area contributed by atoms with Gasteiger partial charge in [0.2, 0.25) is 0 Å². The summed E-state index contributed by atoms with van der Waals surface area (Å²) < 4.78 is 17.2. The minimum absolute atomic E-state index is 0.0324. The van der Waals surface area contributed by atoms with E-state index in [0.717, 1.165) is 58.7 Å². The molecule has 3 heterocycles. The number of carbonyl (C=O) groups is 1. The zero-order valence-electron chi connectivity index (χ0n) is 17.4. The van der Waals surface area contributed by atoms with E-state index in [9.17, 15) is 4.79 Å². The maximum absolute atomic E-state index is 13.2. The summed E-state index contributed by atoms with van der Waals surface area (Å²) in [5, 5.41) is 4.56. The third-order valence-corrected chi connectivity index (χ3v) is 5.91. The highest BCUT2D eigenvalue weighted by Crippen LogP contribution is 2.33. The van der Waals surface area contributed by atoms with Gasteiger partial charge in [-0.05, 0) is 50.5 Å². The van der Waals surface area contributed by atoms with Gasteiger partial charge in [0.15, 0.2) is 17.3 Å². The lowest BCUT2D eigenvalue weighted by Gasteiger charge is -2.33. The Kier molecular flexibility index (Phi) is 4.77. The molecule has 2 aliphatic rings. The first-order valence-corrected chi connectivity index (χ1v) is 10.5. The monoisotopic (exact) mass is 406 g/mol. The van der Waals surface area contributed by atoms with Crippen molar-refractivity contribution in [3.63, 3.8) is 0 Å². The zero-order valence-corrected chi connectivity index (χ0v) is 17.4. The summed E-state index contributed by atoms with van der Waals surface area (Å²) in [5.74, 6) is 1.97. The van der Waals surface area contributed by atoms with E-state index >= 15 is 0 Å². The predicted octanol–water partition coefficient (Wildman–Crippen LogP) is 4.54. The van der Waals surface area contributed by atoms with Gasteiger partial charge in [-0.3, -0.25) is 4.79 Å². The second kappa shape index (κ2) is 7.59. The molecule has 1 N–H and O–H groups in total. The topological polar surface area (TPSA) is 63.9 Å². The maximum Gasteiger partial charge on any atom is 0.289 e. The maximum atomic E-state index is 13.2. The second-order valence-electron chi connectivity index (χ2n) is 8.15. The van der Waals surface area contributed by atoms with Gasteiger partial charge >= 0.3 is 0 Å². The van der Waals surface area contributed by atoms with Crippen LogP contribution in [-0.2, 0) is 0 Å². The number of benzene rings is 2. The summed E-state index contributed by atoms with van der Waals surface area (Å²) in [5.41, 5.74) is 3.79. The van der Waals surface area contributed by atoms with E-state index in [1.807, 2.05) is 55.1 Å². The van der Waals surface area contributed by atoms with Crippen LogP contribution in [0.3, 0.4) is 0 Å². The molecule has 6 nitrogen and oxygen atoms in total. The minimum Gasteiger partial charge on any atom is -0.486 e. The number of nitrogens with one attached hydrogen (secondary N) is 1. The highest BCUT2D eigenvalue weighted by atomic mass is 16.6. The van der Waals surface area contributed by atoms with Crippen molar-refractivity contribution in [2.24, 2.45) is 0 Å². The second-order valence-corrected chi connectivity index (χ2v) is 8.15. The minimum atomic E-state index is -0.0324. The molecule has 30 heavy (non-hydrogen) atoms. The van der Waals surface area contributed by atoms with Gasteiger partial charge in [-0.25, -0.2) is 0 Å². The van der Waals surface area contributed by atoms with Crippen LogP contribution in [0.2, 0.25) is 0 Å². The molecular weight excluding hydrogens is 380 g/mol. The Hall–Kier alpha value is -3.15. The number of ether oxygens (including phenoxy) is 2. The van der Waals surface area contributed by atoms with Crippen molar-refractivity contribution >= 4 is 22.6 Å². The SMILES string of the molecule is Cc1ccc2c(C)c(C(=O)N3CCC[C@@H](Nc4ccc5c(c4)OCCO5)C3)oc2c1. The molecule has 5 rings (SSSR count). The third kappa shape index (κ3) is 3.47. The first kappa shape index (κ1) is 18.9. The molecule has 0 bridgehead atoms. The molecule has 156 valence electrons. The fourth-order valence-corrected chi connectivity index (χ4v) is 4.33. The van der Waals surface area contributed by atoms with E-state index in [4.69, 9.17) is 13.9 Å². The van der Waals surface area contributed by atoms with Crippen molar-refractivity contribution < 1.29 is 18.7 Å². The van der Waals surface area contributed by atoms with Gasteiger partial charge in [0, 0.05) is 41.8 Å². The third-order valence-electron chi connectivity index (χ3n) is 5.91. The predicted molar refractivity (Wildman–Crippen MR) is 116 cm³/mol. The van der Waals surface area contributed by atoms with E-state index in [1.54, 1.807) is 0 Å². The molecule has 2 aromatic carbocycles. The summed E-state index contributed by atoms with van der Waals surface area (Å²) in [4.78, 5) is 15.1. The van der Waals surface area contributed by atoms with Crippen molar-refractivity contribution in [3.05, 3.63) is 53.3 Å². The molecule has 0 radical (unpaired) electrons. The van der Waals surface area contributed by atoms with E-state index in [0.29, 0.717) is 25.5 Å². The van der Waals surface area contributed by atoms with Crippen LogP contribution >= 0.6 is 0 Å². The molecule has 0 aliphatic carbocycles. The Balaban J connectivity index is 1.32. The number of fused-ring (bicyclic) bond motifs is 2. The Morgan fingerprint density at radius 1 is 1.07 bits per heavy atom. The number of piperidine rings is 1. The summed E-state index contributed by atoms with van der Waals surface area (Å²) >= 11 is 0. The van der Waals surface area contributed by atoms with E-state index in [2.05, 4.69) is 5.32 Å². The standard InChI is InChI=1S/C24H26N2O4/c1-15-5-7-19-16(2)23(30-21(19)12-15)24(27)26-9-3-4-18(14-26)25-17-6-8-20-22(13-17)29-11-10-28-20/h5-8,12-13,18,25H,3-4,9-11,14H2,1-2H3/t18-/m1/s1. The van der Waals surface area contributed by atoms with Crippen molar-refractivity contribution in [1.29, 1.82) is 0 Å². The Labute approximate surface area is 175 Å². The quantitative estimate of drug-likeness (QED) is 0.692. The van der Waals surface area contributed by atoms with Crippen LogP contribution in [-0.4, -0.2) is 43.2 Å². The summed E-state index contributed by atoms with van der Waals surface area (Å²) in [6.45, 7) is 6.52. The number of hydrogen-bond acceptors (Lipinski definition) is 5. The molecule has 6 heteroatoms. The Morgan fingerprint density at radius 3 is 2.77 bits per heavy atom. The number of anilines is 1. The fraction of sp³-hybridized carbons (Fsp3) is 0.375. The van der Waals surface area contributed by atoms with Crippen LogP contribution in [0.25, 0.3) is 11.0 Å². The van der Waals surface area contributed by atoms with Gasteiger partial charge in [-0.2, -0.15) is 0 Å². The summed E-state index contributed by atoms with van der Waals surface area (Å²) in [7, 11) is 0. The molecule has 1 fully saturated rings. The summed E-state index contributed by atoms with van der Waals surface area (Å²) in [6, 6.07) is 12.2. The zero-order chi connectivity index (χ0) is 20.7. The number of amides is 1. The lowest BCUT2D eigenvalue weighted by molar-refractivity contribution is 0.0684. The van der Waals surface area contributed by atoms with Gasteiger partial charge in [-0.1, -0.05) is 12.1 Å². The number of likely N-dealkylation sites (tertiary alicyclic amines) is 1. The lowest BCUT2D eigenvalue weighted by Crippen LogP contribution is -2.45. The largest absolute Gasteiger partial charge is 0.486 e. The van der Waals surface area contributed by atoms with E-state index < -0.39 is 0 Å². The van der Waals surface area contributed by atoms with Gasteiger partial charge < -0.3 is 24.1 Å². The van der Waals surface area contributed by atoms with Gasteiger partial charge in [0.05, 0.1) is 0 Å². The molecule has 1 saturated heterocycles. The number of rotatable bonds is 3. The van der Waals surface area contributed by atoms with Crippen LogP contribution in [0, 0.1) is 13.8 Å². The first-order valence-electron chi connectivity index (χ1n) is 10.5. The summed E-state index contributed by atoms with van der Waals surface area (Å²) in [6.07, 6.45) is 1.96. The van der Waals surface area contributed by atoms with E-state index in [-0.39, 0.29) is 11.9 Å². The molecule has 0 unspecified atom stereocenters. The number of furan rings is 1. The van der Waals surface area contributed by atoms with Crippen LogP contribution in [0.15, 0.2) is 40.8 Å². The fourth-order valence-electron chi connectivity index (χ4n) is 4.33. The number of hydrogen-bond donors (Lipinski definition) is 1. The highest BCUT2D eigenvalue weighted by molar-refractivity contribution is 5.99. The molecule has 3 aromatic rings. The first-order chi connectivity index (χ1) is 14.6. The number of nitrogens with zero attached hydrogens (tertiary/aromatic N) is 1. The van der Waals surface area contributed by atoms with Crippen molar-refractivity contribution in [2.45, 2.75) is 32.7 Å². The molecule has 1 amide bonds. The normalized spacial score (nSPS) is 18.5. The molecular formula is C24H26N2O4. The van der Waals surface area contributed by atoms with E-state index in [1.165, 1.54) is 0 Å².